The first kappa shape index (κ1) is 14.0. The van der Waals surface area contributed by atoms with Crippen molar-refractivity contribution in [1.29, 1.82) is 0 Å². The summed E-state index contributed by atoms with van der Waals surface area (Å²) in [6, 6.07) is 8.70. The molecule has 1 unspecified atom stereocenters. The van der Waals surface area contributed by atoms with Crippen molar-refractivity contribution in [3.8, 4) is 0 Å². The van der Waals surface area contributed by atoms with Crippen molar-refractivity contribution in [3.05, 3.63) is 42.2 Å². The number of nitrogens with one attached hydrogen (secondary N) is 1. The summed E-state index contributed by atoms with van der Waals surface area (Å²) >= 11 is 0. The molecule has 0 aliphatic rings. The minimum atomic E-state index is -0.150. The Kier molecular flexibility index (Phi) is 4.17. The fraction of sp³-hybridized carbons (Fsp3) is 0.438. The third-order valence-electron chi connectivity index (χ3n) is 3.69. The number of benzene rings is 1. The second-order valence-corrected chi connectivity index (χ2v) is 5.45. The van der Waals surface area contributed by atoms with E-state index in [1.807, 2.05) is 19.4 Å². The number of ether oxygens (including phenoxy) is 1. The summed E-state index contributed by atoms with van der Waals surface area (Å²) in [6.07, 6.45) is 4.68. The van der Waals surface area contributed by atoms with Crippen LogP contribution in [0.5, 0.6) is 0 Å². The third kappa shape index (κ3) is 3.11. The zero-order chi connectivity index (χ0) is 13.9. The van der Waals surface area contributed by atoms with Gasteiger partial charge in [-0.2, -0.15) is 0 Å². The van der Waals surface area contributed by atoms with Crippen molar-refractivity contribution in [2.24, 2.45) is 0 Å². The van der Waals surface area contributed by atoms with Gasteiger partial charge in [0.2, 0.25) is 0 Å². The minimum Gasteiger partial charge on any atom is -0.379 e. The van der Waals surface area contributed by atoms with Crippen molar-refractivity contribution in [1.82, 2.24) is 10.3 Å². The smallest absolute Gasteiger partial charge is 0.0640 e. The Morgan fingerprint density at radius 2 is 2.11 bits per heavy atom. The molecule has 1 aromatic heterocycles. The highest BCUT2D eigenvalue weighted by molar-refractivity contribution is 5.85. The number of aromatic nitrogens is 1. The maximum Gasteiger partial charge on any atom is 0.0640 e. The first-order valence-corrected chi connectivity index (χ1v) is 6.62. The normalized spacial score (nSPS) is 13.7. The number of fused-ring (bicyclic) bond motifs is 1. The van der Waals surface area contributed by atoms with Crippen molar-refractivity contribution in [3.63, 3.8) is 0 Å². The van der Waals surface area contributed by atoms with E-state index in [0.717, 1.165) is 6.42 Å². The van der Waals surface area contributed by atoms with Crippen LogP contribution in [0, 0.1) is 0 Å². The highest BCUT2D eigenvalue weighted by Crippen LogP contribution is 2.30. The topological polar surface area (TPSA) is 34.1 Å². The SMILES string of the molecule is CNC(CC(C)(C)OC)c1cccc2cnccc12. The molecule has 2 aromatic rings. The molecule has 3 nitrogen and oxygen atoms in total. The second-order valence-electron chi connectivity index (χ2n) is 5.45. The van der Waals surface area contributed by atoms with Crippen LogP contribution in [0.25, 0.3) is 10.8 Å². The molecule has 0 saturated heterocycles. The summed E-state index contributed by atoms with van der Waals surface area (Å²) in [5.41, 5.74) is 1.15. The Balaban J connectivity index is 2.41. The van der Waals surface area contributed by atoms with E-state index in [1.165, 1.54) is 16.3 Å². The lowest BCUT2D eigenvalue weighted by molar-refractivity contribution is 0.00756. The van der Waals surface area contributed by atoms with Gasteiger partial charge < -0.3 is 10.1 Å². The van der Waals surface area contributed by atoms with Gasteiger partial charge in [0.15, 0.2) is 0 Å². The summed E-state index contributed by atoms with van der Waals surface area (Å²) in [6.45, 7) is 4.23. The second kappa shape index (κ2) is 5.68. The van der Waals surface area contributed by atoms with Crippen molar-refractivity contribution in [2.45, 2.75) is 31.9 Å². The molecule has 0 spiro atoms. The minimum absolute atomic E-state index is 0.150. The summed E-state index contributed by atoms with van der Waals surface area (Å²) in [5, 5.41) is 5.83. The van der Waals surface area contributed by atoms with E-state index in [1.54, 1.807) is 7.11 Å². The maximum atomic E-state index is 5.55. The fourth-order valence-corrected chi connectivity index (χ4v) is 2.39. The number of pyridine rings is 1. The van der Waals surface area contributed by atoms with E-state index in [9.17, 15) is 0 Å². The van der Waals surface area contributed by atoms with E-state index in [0.29, 0.717) is 0 Å². The Morgan fingerprint density at radius 1 is 1.32 bits per heavy atom. The van der Waals surface area contributed by atoms with E-state index in [4.69, 9.17) is 4.74 Å². The van der Waals surface area contributed by atoms with Crippen LogP contribution in [0.2, 0.25) is 0 Å². The predicted octanol–water partition coefficient (Wildman–Crippen LogP) is 3.31. The quantitative estimate of drug-likeness (QED) is 0.893. The lowest BCUT2D eigenvalue weighted by Crippen LogP contribution is -2.30. The average molecular weight is 258 g/mol. The zero-order valence-corrected chi connectivity index (χ0v) is 12.1. The van der Waals surface area contributed by atoms with Gasteiger partial charge in [-0.3, -0.25) is 4.98 Å². The molecule has 0 saturated carbocycles. The Hall–Kier alpha value is -1.45. The molecule has 1 atom stereocenters. The van der Waals surface area contributed by atoms with E-state index in [-0.39, 0.29) is 11.6 Å². The molecule has 102 valence electrons. The Morgan fingerprint density at radius 3 is 2.79 bits per heavy atom. The number of methoxy groups -OCH3 is 1. The molecule has 0 radical (unpaired) electrons. The predicted molar refractivity (Wildman–Crippen MR) is 79.2 cm³/mol. The summed E-state index contributed by atoms with van der Waals surface area (Å²) in [4.78, 5) is 4.18. The zero-order valence-electron chi connectivity index (χ0n) is 12.1. The van der Waals surface area contributed by atoms with Crippen LogP contribution in [0.1, 0.15) is 31.9 Å². The molecule has 19 heavy (non-hydrogen) atoms. The lowest BCUT2D eigenvalue weighted by atomic mass is 9.91. The van der Waals surface area contributed by atoms with E-state index in [2.05, 4.69) is 48.4 Å². The molecule has 0 fully saturated rings. The molecule has 1 aromatic carbocycles. The van der Waals surface area contributed by atoms with Gasteiger partial charge in [-0.1, -0.05) is 18.2 Å². The first-order valence-electron chi connectivity index (χ1n) is 6.62. The van der Waals surface area contributed by atoms with Gasteiger partial charge in [-0.15, -0.1) is 0 Å². The first-order chi connectivity index (χ1) is 9.07. The number of hydrogen-bond donors (Lipinski definition) is 1. The van der Waals surface area contributed by atoms with Gasteiger partial charge in [0, 0.05) is 30.9 Å². The van der Waals surface area contributed by atoms with Crippen molar-refractivity contribution >= 4 is 10.8 Å². The highest BCUT2D eigenvalue weighted by Gasteiger charge is 2.23. The van der Waals surface area contributed by atoms with Gasteiger partial charge in [0.05, 0.1) is 5.60 Å². The lowest BCUT2D eigenvalue weighted by Gasteiger charge is -2.29. The van der Waals surface area contributed by atoms with Crippen molar-refractivity contribution < 1.29 is 4.74 Å². The van der Waals surface area contributed by atoms with Crippen LogP contribution in [0.4, 0.5) is 0 Å². The van der Waals surface area contributed by atoms with Crippen LogP contribution >= 0.6 is 0 Å². The standard InChI is InChI=1S/C16H22N2O/c1-16(2,19-4)10-15(17-3)14-7-5-6-12-11-18-9-8-13(12)14/h5-9,11,15,17H,10H2,1-4H3. The summed E-state index contributed by atoms with van der Waals surface area (Å²) in [7, 11) is 3.76. The number of rotatable bonds is 5. The molecular formula is C16H22N2O. The molecule has 0 amide bonds. The highest BCUT2D eigenvalue weighted by atomic mass is 16.5. The molecule has 0 aliphatic heterocycles. The average Bonchev–Trinajstić information content (AvgIpc) is 2.44. The molecule has 0 bridgehead atoms. The third-order valence-corrected chi connectivity index (χ3v) is 3.69. The van der Waals surface area contributed by atoms with Crippen molar-refractivity contribution in [2.75, 3.05) is 14.2 Å². The molecule has 1 N–H and O–H groups in total. The van der Waals surface area contributed by atoms with Crippen LogP contribution in [-0.2, 0) is 4.74 Å². The summed E-state index contributed by atoms with van der Waals surface area (Å²) < 4.78 is 5.55. The van der Waals surface area contributed by atoms with Gasteiger partial charge >= 0.3 is 0 Å². The molecule has 2 rings (SSSR count). The largest absolute Gasteiger partial charge is 0.379 e. The number of hydrogen-bond acceptors (Lipinski definition) is 3. The van der Waals surface area contributed by atoms with E-state index >= 15 is 0 Å². The van der Waals surface area contributed by atoms with E-state index < -0.39 is 0 Å². The summed E-state index contributed by atoms with van der Waals surface area (Å²) in [5.74, 6) is 0. The molecular weight excluding hydrogens is 236 g/mol. The van der Waals surface area contributed by atoms with Crippen LogP contribution in [0.3, 0.4) is 0 Å². The maximum absolute atomic E-state index is 5.55. The van der Waals surface area contributed by atoms with Crippen LogP contribution in [-0.4, -0.2) is 24.7 Å². The Labute approximate surface area is 115 Å². The van der Waals surface area contributed by atoms with Gasteiger partial charge in [0.1, 0.15) is 0 Å². The monoisotopic (exact) mass is 258 g/mol. The number of nitrogens with zero attached hydrogens (tertiary/aromatic N) is 1. The van der Waals surface area contributed by atoms with Crippen LogP contribution in [0.15, 0.2) is 36.7 Å². The van der Waals surface area contributed by atoms with Gasteiger partial charge in [0.25, 0.3) is 0 Å². The van der Waals surface area contributed by atoms with Crippen LogP contribution < -0.4 is 5.32 Å². The molecule has 0 aliphatic carbocycles. The Bertz CT molecular complexity index is 546. The molecule has 3 heteroatoms. The van der Waals surface area contributed by atoms with Gasteiger partial charge in [-0.25, -0.2) is 0 Å². The molecule has 1 heterocycles. The fourth-order valence-electron chi connectivity index (χ4n) is 2.39. The van der Waals surface area contributed by atoms with Gasteiger partial charge in [-0.05, 0) is 44.3 Å².